The second-order valence-electron chi connectivity index (χ2n) is 10.2. The number of nitrogens with zero attached hydrogens (tertiary/aromatic N) is 7. The SMILES string of the molecule is [B-]P1(=O)OC[C@H]2O[C@@H](n3cnc4c(=O)[nH]c(N)nc43)[C@@H](OP(=O)(O)OC[C@H]3O[C@@H](n4cnc5c(N)ncnc54)[C@@H](O)C3O1)C2O. The number of aromatic amines is 1. The number of hydrogen-bond acceptors (Lipinski definition) is 18. The number of nitrogens with one attached hydrogen (secondary N) is 1. The number of nitrogen functional groups attached to an aromatic ring is 2. The molecule has 3 aliphatic heterocycles. The van der Waals surface area contributed by atoms with Crippen LogP contribution in [0.25, 0.3) is 22.3 Å². The number of fused-ring (bicyclic) bond motifs is 5. The first-order valence-electron chi connectivity index (χ1n) is 13.0. The lowest BCUT2D eigenvalue weighted by Crippen LogP contribution is -2.36. The van der Waals surface area contributed by atoms with Crippen molar-refractivity contribution >= 4 is 57.0 Å². The number of aliphatic hydroxyl groups is 2. The van der Waals surface area contributed by atoms with Gasteiger partial charge < -0.3 is 57.2 Å². The summed E-state index contributed by atoms with van der Waals surface area (Å²) in [6.07, 6.45) is -8.58. The van der Waals surface area contributed by atoms with Crippen molar-refractivity contribution in [2.45, 2.75) is 49.1 Å². The molecule has 8 N–H and O–H groups in total. The van der Waals surface area contributed by atoms with Crippen molar-refractivity contribution in [3.8, 4) is 0 Å². The van der Waals surface area contributed by atoms with E-state index in [4.69, 9.17) is 46.6 Å². The third-order valence-corrected chi connectivity index (χ3v) is 9.38. The quantitative estimate of drug-likeness (QED) is 0.0978. The van der Waals surface area contributed by atoms with Crippen molar-refractivity contribution < 1.29 is 51.8 Å². The predicted molar refractivity (Wildman–Crippen MR) is 147 cm³/mol. The highest BCUT2D eigenvalue weighted by atomic mass is 31.2. The number of aliphatic hydroxyl groups excluding tert-OH is 2. The Morgan fingerprint density at radius 3 is 2.36 bits per heavy atom. The molecule has 3 fully saturated rings. The first-order chi connectivity index (χ1) is 21.3. The minimum absolute atomic E-state index is 0.0543. The number of hydrogen-bond donors (Lipinski definition) is 6. The van der Waals surface area contributed by atoms with Crippen molar-refractivity contribution in [1.82, 2.24) is 39.0 Å². The van der Waals surface area contributed by atoms with Gasteiger partial charge in [-0.3, -0.25) is 28.0 Å². The molecule has 3 radical (unpaired) electrons. The van der Waals surface area contributed by atoms with E-state index >= 15 is 0 Å². The Bertz CT molecular complexity index is 1940. The van der Waals surface area contributed by atoms with Crippen LogP contribution in [-0.2, 0) is 36.7 Å². The molecule has 4 unspecified atom stereocenters. The summed E-state index contributed by atoms with van der Waals surface area (Å²) in [4.78, 5) is 45.4. The van der Waals surface area contributed by atoms with Gasteiger partial charge in [0.1, 0.15) is 48.5 Å². The van der Waals surface area contributed by atoms with Gasteiger partial charge in [-0.1, -0.05) is 0 Å². The smallest absolute Gasteiger partial charge is 0.444 e. The van der Waals surface area contributed by atoms with Gasteiger partial charge in [-0.25, -0.2) is 24.5 Å². The topological polar surface area (TPSA) is 309 Å². The molecule has 239 valence electrons. The van der Waals surface area contributed by atoms with Crippen LogP contribution in [0.4, 0.5) is 11.8 Å². The maximum Gasteiger partial charge on any atom is 0.472 e. The zero-order valence-corrected chi connectivity index (χ0v) is 24.3. The summed E-state index contributed by atoms with van der Waals surface area (Å²) >= 11 is 0. The van der Waals surface area contributed by atoms with E-state index in [1.165, 1.54) is 17.2 Å². The lowest BCUT2D eigenvalue weighted by Gasteiger charge is -2.33. The minimum atomic E-state index is -5.08. The largest absolute Gasteiger partial charge is 0.472 e. The fourth-order valence-electron chi connectivity index (χ4n) is 5.32. The minimum Gasteiger partial charge on any atom is -0.444 e. The van der Waals surface area contributed by atoms with Crippen LogP contribution < -0.4 is 17.0 Å². The summed E-state index contributed by atoms with van der Waals surface area (Å²) in [5, 5.41) is 22.2. The van der Waals surface area contributed by atoms with Gasteiger partial charge in [-0.15, -0.1) is 0 Å². The van der Waals surface area contributed by atoms with Crippen LogP contribution in [0.5, 0.6) is 0 Å². The molecule has 10 atom stereocenters. The van der Waals surface area contributed by atoms with E-state index in [1.807, 2.05) is 0 Å². The van der Waals surface area contributed by atoms with Crippen LogP contribution in [0.2, 0.25) is 0 Å². The van der Waals surface area contributed by atoms with E-state index in [9.17, 15) is 29.0 Å². The van der Waals surface area contributed by atoms with Gasteiger partial charge >= 0.3 is 7.82 Å². The van der Waals surface area contributed by atoms with Gasteiger partial charge in [-0.2, -0.15) is 4.98 Å². The van der Waals surface area contributed by atoms with Crippen LogP contribution in [0.3, 0.4) is 0 Å². The fraction of sp³-hybridized carbons (Fsp3) is 0.500. The van der Waals surface area contributed by atoms with Gasteiger partial charge in [0.05, 0.1) is 33.3 Å². The monoisotopic (exact) mass is 668 g/mol. The second kappa shape index (κ2) is 10.9. The number of anilines is 2. The number of nitrogens with two attached hydrogens (primary N) is 2. The normalized spacial score (nSPS) is 37.7. The van der Waals surface area contributed by atoms with Crippen LogP contribution >= 0.6 is 15.3 Å². The molecular weight excluding hydrogens is 645 g/mol. The third kappa shape index (κ3) is 5.34. The summed E-state index contributed by atoms with van der Waals surface area (Å²) < 4.78 is 62.0. The van der Waals surface area contributed by atoms with Crippen LogP contribution in [0.15, 0.2) is 23.8 Å². The standard InChI is InChI=1S/C20H23BN10O12P2/c21-44(35)38-1-6-10(32)13(19(40-6)31-5-27-9-16(31)28-20(23)29-17(9)34)43-45(36,37)39-2-7-12(42-44)11(33)18(41-7)30-4-26-8-14(22)24-3-25-15(8)30/h3-7,10-13,18-19,32-33H,1-2H2,(H,36,37)(H2,22,24,25)(H3,23,28,29,34)/q-1/t6-,7-,10?,11+,12?,13+,18-,19-,44?/m1/s1. The first kappa shape index (κ1) is 30.3. The molecule has 0 aromatic carbocycles. The molecule has 0 amide bonds. The Kier molecular flexibility index (Phi) is 7.34. The number of H-pyrrole nitrogens is 1. The molecule has 0 spiro atoms. The molecule has 7 heterocycles. The van der Waals surface area contributed by atoms with Crippen molar-refractivity contribution in [2.24, 2.45) is 0 Å². The molecule has 22 nitrogen and oxygen atoms in total. The lowest BCUT2D eigenvalue weighted by atomic mass is 10.1. The van der Waals surface area contributed by atoms with Gasteiger partial charge in [0.2, 0.25) is 5.95 Å². The van der Waals surface area contributed by atoms with Crippen LogP contribution in [0.1, 0.15) is 12.5 Å². The van der Waals surface area contributed by atoms with Crippen LogP contribution in [0, 0.1) is 0 Å². The van der Waals surface area contributed by atoms with Crippen molar-refractivity contribution in [3.05, 3.63) is 29.3 Å². The van der Waals surface area contributed by atoms with Crippen molar-refractivity contribution in [2.75, 3.05) is 24.7 Å². The van der Waals surface area contributed by atoms with E-state index < -0.39 is 83.1 Å². The van der Waals surface area contributed by atoms with Crippen molar-refractivity contribution in [1.29, 1.82) is 0 Å². The first-order valence-corrected chi connectivity index (χ1v) is 16.1. The van der Waals surface area contributed by atoms with E-state index in [2.05, 4.69) is 29.9 Å². The van der Waals surface area contributed by atoms with Gasteiger partial charge in [0.25, 0.3) is 5.56 Å². The van der Waals surface area contributed by atoms with E-state index in [-0.39, 0.29) is 34.1 Å². The third-order valence-electron chi connectivity index (χ3n) is 7.35. The number of phosphoric ester groups is 1. The van der Waals surface area contributed by atoms with E-state index in [0.717, 1.165) is 10.9 Å². The number of imidazole rings is 2. The highest BCUT2D eigenvalue weighted by molar-refractivity contribution is 7.79. The van der Waals surface area contributed by atoms with E-state index in [1.54, 1.807) is 0 Å². The summed E-state index contributed by atoms with van der Waals surface area (Å²) in [5.74, 6) is -0.213. The summed E-state index contributed by atoms with van der Waals surface area (Å²) in [6.45, 7) is -1.47. The molecule has 0 saturated carbocycles. The number of rotatable bonds is 2. The molecule has 4 aromatic rings. The highest BCUT2D eigenvalue weighted by Gasteiger charge is 2.52. The second-order valence-corrected chi connectivity index (χ2v) is 13.2. The average molecular weight is 668 g/mol. The number of phosphoric acid groups is 1. The fourth-order valence-corrected chi connectivity index (χ4v) is 7.27. The molecule has 7 rings (SSSR count). The summed E-state index contributed by atoms with van der Waals surface area (Å²) in [6, 6.07) is 0. The lowest BCUT2D eigenvalue weighted by molar-refractivity contribution is -0.0637. The zero-order valence-electron chi connectivity index (χ0n) is 22.5. The maximum atomic E-state index is 13.3. The number of ether oxygens (including phenoxy) is 2. The molecule has 2 bridgehead atoms. The molecule has 0 aliphatic carbocycles. The molecule has 25 heteroatoms. The maximum absolute atomic E-state index is 13.3. The van der Waals surface area contributed by atoms with Gasteiger partial charge in [-0.05, 0) is 0 Å². The Morgan fingerprint density at radius 2 is 1.58 bits per heavy atom. The molecular formula is C20H23BN10O12P2-. The van der Waals surface area contributed by atoms with Gasteiger partial charge in [0, 0.05) is 0 Å². The Hall–Kier alpha value is -3.34. The molecule has 3 saturated heterocycles. The highest BCUT2D eigenvalue weighted by Crippen LogP contribution is 2.53. The Balaban J connectivity index is 1.21. The van der Waals surface area contributed by atoms with Crippen molar-refractivity contribution in [3.63, 3.8) is 0 Å². The van der Waals surface area contributed by atoms with E-state index in [0.29, 0.717) is 0 Å². The summed E-state index contributed by atoms with van der Waals surface area (Å²) in [5.41, 5.74) is 10.9. The Labute approximate surface area is 251 Å². The zero-order chi connectivity index (χ0) is 31.8. The van der Waals surface area contributed by atoms with Crippen LogP contribution in [-0.4, -0.2) is 112 Å². The molecule has 4 aromatic heterocycles. The summed E-state index contributed by atoms with van der Waals surface area (Å²) in [7, 11) is -3.79. The van der Waals surface area contributed by atoms with Gasteiger partial charge in [0.15, 0.2) is 35.1 Å². The molecule has 45 heavy (non-hydrogen) atoms. The molecule has 3 aliphatic rings. The number of aromatic nitrogens is 8. The average Bonchev–Trinajstić information content (AvgIpc) is 3.72. The Morgan fingerprint density at radius 1 is 0.889 bits per heavy atom. The predicted octanol–water partition coefficient (Wildman–Crippen LogP) is -2.17.